The average molecular weight is 284 g/mol. The number of carbonyl (C=O) groups excluding carboxylic acids is 1. The highest BCUT2D eigenvalue weighted by Gasteiger charge is 2.36. The van der Waals surface area contributed by atoms with E-state index < -0.39 is 37.1 Å². The quantitative estimate of drug-likeness (QED) is 0.733. The molecule has 8 heteroatoms. The summed E-state index contributed by atoms with van der Waals surface area (Å²) in [5, 5.41) is 8.57. The molecule has 5 nitrogen and oxygen atoms in total. The molecule has 0 aliphatic heterocycles. The zero-order valence-electron chi connectivity index (χ0n) is 10.9. The molecule has 0 radical (unpaired) electrons. The van der Waals surface area contributed by atoms with Gasteiger partial charge in [0.2, 0.25) is 5.91 Å². The fourth-order valence-corrected chi connectivity index (χ4v) is 1.72. The molecule has 112 valence electrons. The number of alkyl halides is 3. The summed E-state index contributed by atoms with van der Waals surface area (Å²) in [5.74, 6) is -3.06. The molecule has 0 bridgehead atoms. The number of hydrogen-bond acceptors (Lipinski definition) is 3. The van der Waals surface area contributed by atoms with E-state index in [9.17, 15) is 22.8 Å². The summed E-state index contributed by atoms with van der Waals surface area (Å²) in [6, 6.07) is 0. The zero-order valence-corrected chi connectivity index (χ0v) is 10.9. The van der Waals surface area contributed by atoms with Crippen molar-refractivity contribution < 1.29 is 27.9 Å². The monoisotopic (exact) mass is 284 g/mol. The Morgan fingerprint density at radius 3 is 2.16 bits per heavy atom. The van der Waals surface area contributed by atoms with Gasteiger partial charge in [-0.3, -0.25) is 9.59 Å². The van der Waals surface area contributed by atoms with E-state index in [1.807, 2.05) is 0 Å². The number of halogens is 3. The normalized spacial score (nSPS) is 13.4. The minimum absolute atomic E-state index is 0.0788. The van der Waals surface area contributed by atoms with Gasteiger partial charge in [0.15, 0.2) is 0 Å². The largest absolute Gasteiger partial charge is 0.480 e. The van der Waals surface area contributed by atoms with Crippen LogP contribution in [0.15, 0.2) is 0 Å². The maximum atomic E-state index is 12.3. The van der Waals surface area contributed by atoms with E-state index in [-0.39, 0.29) is 12.5 Å². The lowest BCUT2D eigenvalue weighted by molar-refractivity contribution is -0.168. The highest BCUT2D eigenvalue weighted by atomic mass is 19.4. The molecular formula is C11H19F3N2O3. The average Bonchev–Trinajstić information content (AvgIpc) is 2.21. The Kier molecular flexibility index (Phi) is 6.82. The van der Waals surface area contributed by atoms with Crippen LogP contribution in [0.2, 0.25) is 0 Å². The van der Waals surface area contributed by atoms with Crippen molar-refractivity contribution in [2.45, 2.75) is 26.4 Å². The minimum atomic E-state index is -4.64. The molecule has 19 heavy (non-hydrogen) atoms. The van der Waals surface area contributed by atoms with E-state index in [0.717, 1.165) is 0 Å². The SMILES string of the molecule is CC(C)CC(CN)C(=O)N(CC(=O)O)CC(F)(F)F. The molecule has 1 atom stereocenters. The number of hydrogen-bond donors (Lipinski definition) is 2. The van der Waals surface area contributed by atoms with Crippen molar-refractivity contribution in [1.29, 1.82) is 0 Å². The van der Waals surface area contributed by atoms with Gasteiger partial charge in [0.1, 0.15) is 13.1 Å². The third-order valence-corrected chi connectivity index (χ3v) is 2.40. The molecule has 0 heterocycles. The number of carboxylic acids is 1. The minimum Gasteiger partial charge on any atom is -0.480 e. The fraction of sp³-hybridized carbons (Fsp3) is 0.818. The van der Waals surface area contributed by atoms with Gasteiger partial charge in [-0.2, -0.15) is 13.2 Å². The van der Waals surface area contributed by atoms with Crippen LogP contribution in [0.5, 0.6) is 0 Å². The van der Waals surface area contributed by atoms with Gasteiger partial charge in [0, 0.05) is 6.54 Å². The number of nitrogens with zero attached hydrogens (tertiary/aromatic N) is 1. The van der Waals surface area contributed by atoms with Crippen molar-refractivity contribution in [3.8, 4) is 0 Å². The predicted octanol–water partition coefficient (Wildman–Crippen LogP) is 1.08. The predicted molar refractivity (Wildman–Crippen MR) is 62.3 cm³/mol. The Morgan fingerprint density at radius 2 is 1.84 bits per heavy atom. The van der Waals surface area contributed by atoms with E-state index in [1.54, 1.807) is 13.8 Å². The molecule has 0 saturated carbocycles. The maximum Gasteiger partial charge on any atom is 0.406 e. The van der Waals surface area contributed by atoms with Gasteiger partial charge in [-0.25, -0.2) is 0 Å². The first-order valence-corrected chi connectivity index (χ1v) is 5.84. The summed E-state index contributed by atoms with van der Waals surface area (Å²) < 4.78 is 37.0. The Labute approximate surface area is 109 Å². The van der Waals surface area contributed by atoms with Gasteiger partial charge in [-0.1, -0.05) is 13.8 Å². The lowest BCUT2D eigenvalue weighted by atomic mass is 9.96. The Morgan fingerprint density at radius 1 is 1.32 bits per heavy atom. The van der Waals surface area contributed by atoms with Crippen molar-refractivity contribution in [2.75, 3.05) is 19.6 Å². The lowest BCUT2D eigenvalue weighted by Crippen LogP contribution is -2.46. The summed E-state index contributed by atoms with van der Waals surface area (Å²) >= 11 is 0. The molecule has 0 aromatic heterocycles. The number of carbonyl (C=O) groups is 2. The van der Waals surface area contributed by atoms with E-state index >= 15 is 0 Å². The van der Waals surface area contributed by atoms with Crippen LogP contribution < -0.4 is 5.73 Å². The van der Waals surface area contributed by atoms with Crippen LogP contribution >= 0.6 is 0 Å². The molecule has 0 saturated heterocycles. The van der Waals surface area contributed by atoms with Gasteiger partial charge < -0.3 is 15.7 Å². The van der Waals surface area contributed by atoms with Crippen LogP contribution in [0.4, 0.5) is 13.2 Å². The molecule has 1 unspecified atom stereocenters. The van der Waals surface area contributed by atoms with E-state index in [2.05, 4.69) is 0 Å². The van der Waals surface area contributed by atoms with Crippen molar-refractivity contribution in [1.82, 2.24) is 4.90 Å². The summed E-state index contributed by atoms with van der Waals surface area (Å²) in [7, 11) is 0. The second-order valence-corrected chi connectivity index (χ2v) is 4.77. The van der Waals surface area contributed by atoms with E-state index in [1.165, 1.54) is 0 Å². The number of amides is 1. The number of carboxylic acid groups (broad SMARTS) is 1. The van der Waals surface area contributed by atoms with Crippen LogP contribution in [-0.4, -0.2) is 47.7 Å². The molecule has 0 rings (SSSR count). The standard InChI is InChI=1S/C11H19F3N2O3/c1-7(2)3-8(4-15)10(19)16(5-9(17)18)6-11(12,13)14/h7-8H,3-6,15H2,1-2H3,(H,17,18). The Bertz CT molecular complexity index is 319. The Balaban J connectivity index is 4.90. The first-order valence-electron chi connectivity index (χ1n) is 5.84. The molecule has 0 aromatic rings. The first-order chi connectivity index (χ1) is 8.56. The number of rotatable bonds is 7. The first kappa shape index (κ1) is 17.7. The smallest absolute Gasteiger partial charge is 0.406 e. The third-order valence-electron chi connectivity index (χ3n) is 2.40. The van der Waals surface area contributed by atoms with Gasteiger partial charge in [-0.05, 0) is 12.3 Å². The number of aliphatic carboxylic acids is 1. The molecule has 0 fully saturated rings. The van der Waals surface area contributed by atoms with E-state index in [4.69, 9.17) is 10.8 Å². The van der Waals surface area contributed by atoms with Crippen LogP contribution in [0.25, 0.3) is 0 Å². The second-order valence-electron chi connectivity index (χ2n) is 4.77. The fourth-order valence-electron chi connectivity index (χ4n) is 1.72. The second kappa shape index (κ2) is 7.32. The molecule has 0 aliphatic rings. The van der Waals surface area contributed by atoms with Crippen LogP contribution in [0, 0.1) is 11.8 Å². The van der Waals surface area contributed by atoms with Crippen molar-refractivity contribution in [3.63, 3.8) is 0 Å². The maximum absolute atomic E-state index is 12.3. The summed E-state index contributed by atoms with van der Waals surface area (Å²) in [6.45, 7) is 0.952. The Hall–Kier alpha value is -1.31. The lowest BCUT2D eigenvalue weighted by Gasteiger charge is -2.27. The third kappa shape index (κ3) is 7.66. The summed E-state index contributed by atoms with van der Waals surface area (Å²) in [6.07, 6.45) is -4.31. The van der Waals surface area contributed by atoms with E-state index in [0.29, 0.717) is 11.3 Å². The van der Waals surface area contributed by atoms with Crippen molar-refractivity contribution in [2.24, 2.45) is 17.6 Å². The molecule has 0 aliphatic carbocycles. The molecule has 1 amide bonds. The highest BCUT2D eigenvalue weighted by molar-refractivity contribution is 5.83. The molecule has 0 aromatic carbocycles. The summed E-state index contributed by atoms with van der Waals surface area (Å²) in [4.78, 5) is 22.7. The van der Waals surface area contributed by atoms with Gasteiger partial charge in [0.05, 0.1) is 5.92 Å². The van der Waals surface area contributed by atoms with Gasteiger partial charge in [0.25, 0.3) is 0 Å². The number of nitrogens with two attached hydrogens (primary N) is 1. The van der Waals surface area contributed by atoms with Gasteiger partial charge >= 0.3 is 12.1 Å². The zero-order chi connectivity index (χ0) is 15.2. The summed E-state index contributed by atoms with van der Waals surface area (Å²) in [5.41, 5.74) is 5.38. The van der Waals surface area contributed by atoms with Crippen molar-refractivity contribution >= 4 is 11.9 Å². The molecule has 0 spiro atoms. The van der Waals surface area contributed by atoms with Crippen LogP contribution in [0.1, 0.15) is 20.3 Å². The van der Waals surface area contributed by atoms with Crippen LogP contribution in [0.3, 0.4) is 0 Å². The molecular weight excluding hydrogens is 265 g/mol. The molecule has 3 N–H and O–H groups in total. The van der Waals surface area contributed by atoms with Crippen LogP contribution in [-0.2, 0) is 9.59 Å². The van der Waals surface area contributed by atoms with Crippen molar-refractivity contribution in [3.05, 3.63) is 0 Å². The highest BCUT2D eigenvalue weighted by Crippen LogP contribution is 2.20. The topological polar surface area (TPSA) is 83.6 Å². The van der Waals surface area contributed by atoms with Gasteiger partial charge in [-0.15, -0.1) is 0 Å².